The maximum atomic E-state index is 12.0. The molecule has 0 amide bonds. The van der Waals surface area contributed by atoms with E-state index in [4.69, 9.17) is 9.84 Å². The van der Waals surface area contributed by atoms with Crippen LogP contribution in [0.5, 0.6) is 5.75 Å². The molecule has 9 nitrogen and oxygen atoms in total. The van der Waals surface area contributed by atoms with Crippen LogP contribution in [0.25, 0.3) is 0 Å². The van der Waals surface area contributed by atoms with E-state index in [1.165, 1.54) is 48.5 Å². The lowest BCUT2D eigenvalue weighted by atomic mass is 10.1. The zero-order chi connectivity index (χ0) is 20.0. The number of carbonyl (C=O) groups excluding carboxylic acids is 3. The van der Waals surface area contributed by atoms with Gasteiger partial charge in [0.1, 0.15) is 5.75 Å². The number of carbonyl (C=O) groups is 4. The fraction of sp³-hybridized carbons (Fsp3) is 0.111. The number of nitrogens with zero attached hydrogens (tertiary/aromatic N) is 1. The number of rotatable bonds is 8. The molecular formula is C18H13NO8. The van der Waals surface area contributed by atoms with Crippen molar-refractivity contribution in [2.75, 3.05) is 0 Å². The zero-order valence-electron chi connectivity index (χ0n) is 13.8. The largest absolute Gasteiger partial charge is 0.475 e. The van der Waals surface area contributed by atoms with Gasteiger partial charge in [0.2, 0.25) is 11.6 Å². The van der Waals surface area contributed by atoms with Crippen LogP contribution in [0.1, 0.15) is 11.1 Å². The molecule has 0 spiro atoms. The molecule has 1 N–H and O–H groups in total. The van der Waals surface area contributed by atoms with Gasteiger partial charge in [-0.3, -0.25) is 19.7 Å². The van der Waals surface area contributed by atoms with Crippen molar-refractivity contribution < 1.29 is 33.9 Å². The number of aliphatic carboxylic acids is 1. The second-order valence-electron chi connectivity index (χ2n) is 5.43. The third-order valence-electron chi connectivity index (χ3n) is 3.48. The number of hydrogen-bond donors (Lipinski definition) is 1. The molecule has 0 radical (unpaired) electrons. The van der Waals surface area contributed by atoms with Crippen molar-refractivity contribution in [1.29, 1.82) is 0 Å². The van der Waals surface area contributed by atoms with E-state index in [0.29, 0.717) is 5.56 Å². The molecule has 0 atom stereocenters. The molecule has 0 aromatic heterocycles. The number of ketones is 2. The Balaban J connectivity index is 2.07. The van der Waals surface area contributed by atoms with Gasteiger partial charge in [-0.05, 0) is 17.7 Å². The molecule has 2 rings (SSSR count). The highest BCUT2D eigenvalue weighted by atomic mass is 16.6. The van der Waals surface area contributed by atoms with Crippen LogP contribution in [0.4, 0.5) is 5.69 Å². The first kappa shape index (κ1) is 19.4. The topological polar surface area (TPSA) is 141 Å². The number of carboxylic acids is 1. The van der Waals surface area contributed by atoms with E-state index in [1.807, 2.05) is 0 Å². The van der Waals surface area contributed by atoms with Crippen LogP contribution in [0, 0.1) is 10.1 Å². The monoisotopic (exact) mass is 371 g/mol. The van der Waals surface area contributed by atoms with Crippen molar-refractivity contribution in [1.82, 2.24) is 0 Å². The van der Waals surface area contributed by atoms with Gasteiger partial charge in [-0.15, -0.1) is 0 Å². The average molecular weight is 371 g/mol. The van der Waals surface area contributed by atoms with Crippen LogP contribution < -0.4 is 4.74 Å². The summed E-state index contributed by atoms with van der Waals surface area (Å²) >= 11 is 0. The van der Waals surface area contributed by atoms with Crippen molar-refractivity contribution >= 4 is 29.2 Å². The lowest BCUT2D eigenvalue weighted by Crippen LogP contribution is -2.22. The first-order valence-electron chi connectivity index (χ1n) is 7.60. The molecule has 0 aliphatic heterocycles. The van der Waals surface area contributed by atoms with E-state index in [2.05, 4.69) is 0 Å². The minimum atomic E-state index is -1.59. The van der Waals surface area contributed by atoms with Crippen molar-refractivity contribution in [2.24, 2.45) is 0 Å². The smallest absolute Gasteiger partial charge is 0.380 e. The van der Waals surface area contributed by atoms with Gasteiger partial charge in [0, 0.05) is 24.5 Å². The highest BCUT2D eigenvalue weighted by Crippen LogP contribution is 2.19. The molecule has 9 heteroatoms. The highest BCUT2D eigenvalue weighted by Gasteiger charge is 2.22. The average Bonchev–Trinajstić information content (AvgIpc) is 2.62. The lowest BCUT2D eigenvalue weighted by Gasteiger charge is -2.06. The number of esters is 1. The molecule has 0 aliphatic rings. The fourth-order valence-corrected chi connectivity index (χ4v) is 2.23. The van der Waals surface area contributed by atoms with E-state index in [1.54, 1.807) is 0 Å². The summed E-state index contributed by atoms with van der Waals surface area (Å²) in [5.41, 5.74) is 0.0805. The third kappa shape index (κ3) is 5.30. The lowest BCUT2D eigenvalue weighted by molar-refractivity contribution is -0.385. The van der Waals surface area contributed by atoms with Crippen molar-refractivity contribution in [2.45, 2.75) is 12.8 Å². The fourth-order valence-electron chi connectivity index (χ4n) is 2.23. The SMILES string of the molecule is O=C(O)C(=O)Cc1cccc(OC(=O)C(=O)Cc2ccccc2[N+](=O)[O-])c1. The number of benzene rings is 2. The molecule has 2 aromatic carbocycles. The van der Waals surface area contributed by atoms with Crippen LogP contribution in [0.2, 0.25) is 0 Å². The van der Waals surface area contributed by atoms with E-state index in [9.17, 15) is 29.3 Å². The number of para-hydroxylation sites is 1. The Labute approximate surface area is 152 Å². The zero-order valence-corrected chi connectivity index (χ0v) is 13.8. The van der Waals surface area contributed by atoms with Crippen molar-refractivity contribution in [3.05, 3.63) is 69.8 Å². The summed E-state index contributed by atoms with van der Waals surface area (Å²) in [4.78, 5) is 56.0. The Morgan fingerprint density at radius 3 is 2.33 bits per heavy atom. The molecule has 138 valence electrons. The van der Waals surface area contributed by atoms with Gasteiger partial charge in [-0.1, -0.05) is 30.3 Å². The molecule has 0 heterocycles. The molecule has 2 aromatic rings. The molecule has 0 aliphatic carbocycles. The Hall–Kier alpha value is -3.88. The first-order chi connectivity index (χ1) is 12.8. The number of nitro benzene ring substituents is 1. The van der Waals surface area contributed by atoms with Gasteiger partial charge in [-0.2, -0.15) is 0 Å². The van der Waals surface area contributed by atoms with E-state index in [-0.39, 0.29) is 17.0 Å². The van der Waals surface area contributed by atoms with Crippen LogP contribution in [-0.2, 0) is 32.0 Å². The Morgan fingerprint density at radius 1 is 0.963 bits per heavy atom. The van der Waals surface area contributed by atoms with Crippen molar-refractivity contribution in [3.8, 4) is 5.75 Å². The van der Waals surface area contributed by atoms with Crippen LogP contribution in [0.3, 0.4) is 0 Å². The van der Waals surface area contributed by atoms with Crippen LogP contribution in [-0.4, -0.2) is 33.5 Å². The van der Waals surface area contributed by atoms with Gasteiger partial charge in [0.15, 0.2) is 0 Å². The summed E-state index contributed by atoms with van der Waals surface area (Å²) in [7, 11) is 0. The van der Waals surface area contributed by atoms with Gasteiger partial charge in [0.25, 0.3) is 5.69 Å². The number of ether oxygens (including phenoxy) is 1. The molecule has 0 saturated carbocycles. The standard InChI is InChI=1S/C18H13NO8/c20-15(17(22)23)9-11-4-3-6-13(8-11)27-18(24)16(21)10-12-5-1-2-7-14(12)19(25)26/h1-8H,9-10H2,(H,22,23). The third-order valence-corrected chi connectivity index (χ3v) is 3.48. The normalized spacial score (nSPS) is 10.1. The van der Waals surface area contributed by atoms with Gasteiger partial charge in [-0.25, -0.2) is 9.59 Å². The summed E-state index contributed by atoms with van der Waals surface area (Å²) < 4.78 is 4.91. The Morgan fingerprint density at radius 2 is 1.67 bits per heavy atom. The number of Topliss-reactive ketones (excluding diaryl/α,β-unsaturated/α-hetero) is 2. The van der Waals surface area contributed by atoms with Crippen molar-refractivity contribution in [3.63, 3.8) is 0 Å². The van der Waals surface area contributed by atoms with Gasteiger partial charge < -0.3 is 9.84 Å². The highest BCUT2D eigenvalue weighted by molar-refractivity contribution is 6.34. The molecule has 0 bridgehead atoms. The van der Waals surface area contributed by atoms with E-state index in [0.717, 1.165) is 0 Å². The second kappa shape index (κ2) is 8.48. The summed E-state index contributed by atoms with van der Waals surface area (Å²) in [6.45, 7) is 0. The van der Waals surface area contributed by atoms with E-state index < -0.39 is 41.3 Å². The summed E-state index contributed by atoms with van der Waals surface area (Å²) in [6, 6.07) is 11.0. The second-order valence-corrected chi connectivity index (χ2v) is 5.43. The number of nitro groups is 1. The molecule has 0 fully saturated rings. The maximum absolute atomic E-state index is 12.0. The molecule has 0 unspecified atom stereocenters. The van der Waals surface area contributed by atoms with Crippen LogP contribution >= 0.6 is 0 Å². The number of hydrogen-bond acceptors (Lipinski definition) is 7. The summed E-state index contributed by atoms with van der Waals surface area (Å²) in [5, 5.41) is 19.6. The maximum Gasteiger partial charge on any atom is 0.380 e. The molecule has 27 heavy (non-hydrogen) atoms. The minimum Gasteiger partial charge on any atom is -0.475 e. The number of carboxylic acid groups (broad SMARTS) is 1. The van der Waals surface area contributed by atoms with E-state index >= 15 is 0 Å². The summed E-state index contributed by atoms with van der Waals surface area (Å²) in [5.74, 6) is -4.89. The van der Waals surface area contributed by atoms with Crippen LogP contribution in [0.15, 0.2) is 48.5 Å². The Bertz CT molecular complexity index is 934. The van der Waals surface area contributed by atoms with Gasteiger partial charge in [0.05, 0.1) is 4.92 Å². The Kier molecular flexibility index (Phi) is 6.10. The predicted octanol–water partition coefficient (Wildman–Crippen LogP) is 1.51. The molecule has 0 saturated heterocycles. The summed E-state index contributed by atoms with van der Waals surface area (Å²) in [6.07, 6.45) is -0.905. The quantitative estimate of drug-likeness (QED) is 0.242. The predicted molar refractivity (Wildman–Crippen MR) is 90.2 cm³/mol. The molecular weight excluding hydrogens is 358 g/mol. The van der Waals surface area contributed by atoms with Gasteiger partial charge >= 0.3 is 11.9 Å². The first-order valence-corrected chi connectivity index (χ1v) is 7.60. The minimum absolute atomic E-state index is 0.0494.